The van der Waals surface area contributed by atoms with E-state index in [4.69, 9.17) is 29.5 Å². The molecule has 1 aliphatic rings. The molecule has 1 saturated carbocycles. The number of amides is 2. The molecule has 1 fully saturated rings. The number of nitrogens with zero attached hydrogens (tertiary/aromatic N) is 1. The Morgan fingerprint density at radius 3 is 1.85 bits per heavy atom. The Balaban J connectivity index is 0.000000468. The number of nitrogens with one attached hydrogen (secondary N) is 2. The van der Waals surface area contributed by atoms with E-state index < -0.39 is 29.9 Å². The van der Waals surface area contributed by atoms with Crippen LogP contribution in [0.25, 0.3) is 10.9 Å². The van der Waals surface area contributed by atoms with Gasteiger partial charge in [0, 0.05) is 29.0 Å². The highest BCUT2D eigenvalue weighted by atomic mass is 16.5. The number of rotatable bonds is 11. The lowest BCUT2D eigenvalue weighted by atomic mass is 10.0. The van der Waals surface area contributed by atoms with Crippen molar-refractivity contribution in [2.45, 2.75) is 32.3 Å². The molecule has 46 heavy (non-hydrogen) atoms. The number of benzene rings is 3. The third kappa shape index (κ3) is 8.07. The Labute approximate surface area is 263 Å². The number of carbonyl (C=O) groups excluding carboxylic acids is 2. The van der Waals surface area contributed by atoms with E-state index >= 15 is 0 Å². The number of aliphatic carboxylic acids is 2. The molecule has 1 heterocycles. The highest BCUT2D eigenvalue weighted by Crippen LogP contribution is 2.47. The van der Waals surface area contributed by atoms with Gasteiger partial charge in [0.05, 0.1) is 26.2 Å². The number of hydrogen-bond acceptors (Lipinski definition) is 9. The number of ether oxygens (including phenoxy) is 3. The largest absolute Gasteiger partial charge is 0.493 e. The van der Waals surface area contributed by atoms with Gasteiger partial charge in [0.15, 0.2) is 17.6 Å². The summed E-state index contributed by atoms with van der Waals surface area (Å²) in [5.74, 6) is -1.10. The van der Waals surface area contributed by atoms with E-state index in [1.54, 1.807) is 56.8 Å². The topological polar surface area (TPSA) is 194 Å². The van der Waals surface area contributed by atoms with Crippen LogP contribution in [-0.4, -0.2) is 64.4 Å². The third-order valence-corrected chi connectivity index (χ3v) is 7.13. The number of anilines is 2. The molecular formula is C33H33N3O10. The fraction of sp³-hybridized carbons (Fsp3) is 0.242. The van der Waals surface area contributed by atoms with E-state index in [-0.39, 0.29) is 11.8 Å². The van der Waals surface area contributed by atoms with Crippen molar-refractivity contribution in [1.82, 2.24) is 4.98 Å². The SMILES string of the molecule is COc1cc2nccc(Oc3ccc(NC(=O)C4(C(=O)Nc5ccc(C)cc5)CC4)cc3)c2cc1OC.O=C(O)C[C@@H](O)C(=O)O. The number of fused-ring (bicyclic) bond motifs is 1. The molecule has 0 aliphatic heterocycles. The zero-order valence-electron chi connectivity index (χ0n) is 25.3. The van der Waals surface area contributed by atoms with E-state index in [9.17, 15) is 19.2 Å². The number of carbonyl (C=O) groups is 4. The summed E-state index contributed by atoms with van der Waals surface area (Å²) in [5, 5.41) is 30.7. The van der Waals surface area contributed by atoms with Crippen molar-refractivity contribution < 1.29 is 48.7 Å². The molecule has 0 saturated heterocycles. The van der Waals surface area contributed by atoms with Crippen LogP contribution in [0.2, 0.25) is 0 Å². The molecule has 2 amide bonds. The lowest BCUT2D eigenvalue weighted by molar-refractivity contribution is -0.152. The molecule has 0 spiro atoms. The van der Waals surface area contributed by atoms with Crippen molar-refractivity contribution in [2.75, 3.05) is 24.9 Å². The van der Waals surface area contributed by atoms with E-state index in [1.807, 2.05) is 37.3 Å². The van der Waals surface area contributed by atoms with Crippen molar-refractivity contribution in [3.63, 3.8) is 0 Å². The lowest BCUT2D eigenvalue weighted by Crippen LogP contribution is -2.35. The monoisotopic (exact) mass is 631 g/mol. The number of carboxylic acid groups (broad SMARTS) is 2. The number of hydrogen-bond donors (Lipinski definition) is 5. The van der Waals surface area contributed by atoms with Crippen LogP contribution in [0.3, 0.4) is 0 Å². The van der Waals surface area contributed by atoms with Crippen LogP contribution in [0, 0.1) is 12.3 Å². The minimum atomic E-state index is -1.79. The second-order valence-electron chi connectivity index (χ2n) is 10.5. The number of methoxy groups -OCH3 is 2. The minimum Gasteiger partial charge on any atom is -0.493 e. The van der Waals surface area contributed by atoms with Crippen molar-refractivity contribution in [1.29, 1.82) is 0 Å². The summed E-state index contributed by atoms with van der Waals surface area (Å²) in [6.07, 6.45) is 0.148. The van der Waals surface area contributed by atoms with Crippen LogP contribution in [-0.2, 0) is 19.2 Å². The van der Waals surface area contributed by atoms with Crippen molar-refractivity contribution in [2.24, 2.45) is 5.41 Å². The average Bonchev–Trinajstić information content (AvgIpc) is 3.85. The van der Waals surface area contributed by atoms with Gasteiger partial charge in [0.2, 0.25) is 11.8 Å². The molecular weight excluding hydrogens is 598 g/mol. The second kappa shape index (κ2) is 14.4. The first-order chi connectivity index (χ1) is 21.9. The smallest absolute Gasteiger partial charge is 0.333 e. The van der Waals surface area contributed by atoms with Crippen LogP contribution in [0.15, 0.2) is 72.9 Å². The molecule has 1 aliphatic carbocycles. The summed E-state index contributed by atoms with van der Waals surface area (Å²) >= 11 is 0. The summed E-state index contributed by atoms with van der Waals surface area (Å²) in [7, 11) is 3.15. The van der Waals surface area contributed by atoms with Crippen LogP contribution < -0.4 is 24.8 Å². The summed E-state index contributed by atoms with van der Waals surface area (Å²) in [6, 6.07) is 19.9. The maximum Gasteiger partial charge on any atom is 0.333 e. The maximum absolute atomic E-state index is 13.0. The van der Waals surface area contributed by atoms with Gasteiger partial charge in [-0.05, 0) is 68.3 Å². The van der Waals surface area contributed by atoms with Gasteiger partial charge in [-0.15, -0.1) is 0 Å². The first kappa shape index (κ1) is 33.2. The summed E-state index contributed by atoms with van der Waals surface area (Å²) < 4.78 is 16.9. The Bertz CT molecular complexity index is 1740. The Kier molecular flexibility index (Phi) is 10.4. The number of aliphatic hydroxyl groups is 1. The molecule has 1 atom stereocenters. The van der Waals surface area contributed by atoms with Crippen molar-refractivity contribution in [3.8, 4) is 23.0 Å². The highest BCUT2D eigenvalue weighted by Gasteiger charge is 2.56. The zero-order chi connectivity index (χ0) is 33.4. The molecule has 5 N–H and O–H groups in total. The van der Waals surface area contributed by atoms with Crippen LogP contribution in [0.5, 0.6) is 23.0 Å². The molecule has 5 rings (SSSR count). The summed E-state index contributed by atoms with van der Waals surface area (Å²) in [6.45, 7) is 1.98. The minimum absolute atomic E-state index is 0.287. The van der Waals surface area contributed by atoms with Gasteiger partial charge in [-0.2, -0.15) is 0 Å². The van der Waals surface area contributed by atoms with Gasteiger partial charge in [-0.3, -0.25) is 19.4 Å². The molecule has 13 nitrogen and oxygen atoms in total. The number of aliphatic hydroxyl groups excluding tert-OH is 1. The zero-order valence-corrected chi connectivity index (χ0v) is 25.3. The van der Waals surface area contributed by atoms with Gasteiger partial charge >= 0.3 is 11.9 Å². The third-order valence-electron chi connectivity index (χ3n) is 7.13. The predicted molar refractivity (Wildman–Crippen MR) is 167 cm³/mol. The summed E-state index contributed by atoms with van der Waals surface area (Å²) in [4.78, 5) is 49.6. The van der Waals surface area contributed by atoms with Crippen LogP contribution in [0.4, 0.5) is 11.4 Å². The summed E-state index contributed by atoms with van der Waals surface area (Å²) in [5.41, 5.74) is 2.02. The molecule has 1 aromatic heterocycles. The predicted octanol–water partition coefficient (Wildman–Crippen LogP) is 4.62. The first-order valence-electron chi connectivity index (χ1n) is 14.1. The molecule has 4 aromatic rings. The fourth-order valence-electron chi connectivity index (χ4n) is 4.34. The lowest BCUT2D eigenvalue weighted by Gasteiger charge is -2.16. The van der Waals surface area contributed by atoms with Crippen LogP contribution in [0.1, 0.15) is 24.8 Å². The Morgan fingerprint density at radius 1 is 0.826 bits per heavy atom. The highest BCUT2D eigenvalue weighted by molar-refractivity contribution is 6.16. The number of pyridine rings is 1. The van der Waals surface area contributed by atoms with Gasteiger partial charge in [0.25, 0.3) is 0 Å². The molecule has 0 unspecified atom stereocenters. The second-order valence-corrected chi connectivity index (χ2v) is 10.5. The number of aromatic nitrogens is 1. The Hall–Kier alpha value is -5.69. The number of carboxylic acids is 2. The van der Waals surface area contributed by atoms with Gasteiger partial charge in [0.1, 0.15) is 16.9 Å². The van der Waals surface area contributed by atoms with E-state index in [1.165, 1.54) is 0 Å². The number of aryl methyl sites for hydroxylation is 1. The van der Waals surface area contributed by atoms with E-state index in [2.05, 4.69) is 15.6 Å². The van der Waals surface area contributed by atoms with Crippen molar-refractivity contribution in [3.05, 3.63) is 78.5 Å². The van der Waals surface area contributed by atoms with Gasteiger partial charge in [-0.25, -0.2) is 4.79 Å². The molecule has 3 aromatic carbocycles. The molecule has 240 valence electrons. The normalized spacial score (nSPS) is 13.3. The first-order valence-corrected chi connectivity index (χ1v) is 14.1. The van der Waals surface area contributed by atoms with Crippen molar-refractivity contribution >= 4 is 46.0 Å². The van der Waals surface area contributed by atoms with E-state index in [0.717, 1.165) is 10.9 Å². The van der Waals surface area contributed by atoms with E-state index in [0.29, 0.717) is 52.7 Å². The maximum atomic E-state index is 13.0. The molecule has 13 heteroatoms. The average molecular weight is 632 g/mol. The molecule has 0 radical (unpaired) electrons. The standard InChI is InChI=1S/C29H27N3O5.C4H6O5/c1-18-4-6-19(7-5-18)31-27(33)29(13-14-29)28(34)32-20-8-10-21(11-9-20)37-24-12-15-30-23-17-26(36-3)25(35-2)16-22(23)24;5-2(4(8)9)1-3(6)7/h4-12,15-17H,13-14H2,1-3H3,(H,31,33)(H,32,34);2,5H,1H2,(H,6,7)(H,8,9)/t;2-/m.1/s1. The van der Waals surface area contributed by atoms with Crippen LogP contribution >= 0.6 is 0 Å². The van der Waals surface area contributed by atoms with Gasteiger partial charge in [-0.1, -0.05) is 17.7 Å². The van der Waals surface area contributed by atoms with Gasteiger partial charge < -0.3 is 40.2 Å². The Morgan fingerprint density at radius 2 is 1.37 bits per heavy atom. The quantitative estimate of drug-likeness (QED) is 0.145. The molecule has 0 bridgehead atoms. The fourth-order valence-corrected chi connectivity index (χ4v) is 4.34.